The van der Waals surface area contributed by atoms with Crippen molar-refractivity contribution in [3.63, 3.8) is 0 Å². The van der Waals surface area contributed by atoms with Crippen molar-refractivity contribution in [3.8, 4) is 19.5 Å². The lowest BCUT2D eigenvalue weighted by Crippen LogP contribution is -2.34. The van der Waals surface area contributed by atoms with Crippen molar-refractivity contribution in [1.82, 2.24) is 9.80 Å². The van der Waals surface area contributed by atoms with Crippen molar-refractivity contribution in [2.75, 3.05) is 13.1 Å². The normalized spacial score (nSPS) is 15.7. The molecule has 2 N–H and O–H groups in total. The van der Waals surface area contributed by atoms with E-state index in [1.807, 2.05) is 46.2 Å². The van der Waals surface area contributed by atoms with E-state index in [0.29, 0.717) is 35.6 Å². The molecule has 4 aromatic rings. The Morgan fingerprint density at radius 3 is 1.23 bits per heavy atom. The van der Waals surface area contributed by atoms with Crippen molar-refractivity contribution in [2.45, 2.75) is 79.1 Å². The van der Waals surface area contributed by atoms with Crippen LogP contribution in [0.2, 0.25) is 0 Å². The number of aromatic carboxylic acids is 2. The molecule has 52 heavy (non-hydrogen) atoms. The van der Waals surface area contributed by atoms with Gasteiger partial charge in [-0.25, -0.2) is 9.59 Å². The van der Waals surface area contributed by atoms with Crippen molar-refractivity contribution in [1.29, 1.82) is 0 Å². The topological polar surface area (TPSA) is 115 Å². The number of carbonyl (C=O) groups is 4. The van der Waals surface area contributed by atoms with Gasteiger partial charge < -0.3 is 20.0 Å². The van der Waals surface area contributed by atoms with Crippen molar-refractivity contribution in [2.24, 2.45) is 11.8 Å². The van der Waals surface area contributed by atoms with E-state index in [9.17, 15) is 29.4 Å². The van der Waals surface area contributed by atoms with Crippen LogP contribution in [0.1, 0.15) is 108 Å². The lowest BCUT2D eigenvalue weighted by Gasteiger charge is -2.29. The minimum Gasteiger partial charge on any atom is -0.477 e. The summed E-state index contributed by atoms with van der Waals surface area (Å²) < 4.78 is 0. The number of carbonyl (C=O) groups excluding carboxylic acids is 2. The van der Waals surface area contributed by atoms with E-state index in [1.165, 1.54) is 45.3 Å². The van der Waals surface area contributed by atoms with Gasteiger partial charge in [0.05, 0.1) is 32.3 Å². The molecule has 0 aromatic carbocycles. The Morgan fingerprint density at radius 1 is 0.558 bits per heavy atom. The maximum absolute atomic E-state index is 14.9. The van der Waals surface area contributed by atoms with Gasteiger partial charge in [-0.1, -0.05) is 66.2 Å². The molecule has 2 unspecified atom stereocenters. The molecule has 274 valence electrons. The Morgan fingerprint density at radius 2 is 0.904 bits per heavy atom. The van der Waals surface area contributed by atoms with E-state index in [2.05, 4.69) is 27.7 Å². The number of rotatable bonds is 18. The molecule has 2 atom stereocenters. The molecule has 8 nitrogen and oxygen atoms in total. The summed E-state index contributed by atoms with van der Waals surface area (Å²) in [5, 5.41) is 19.1. The summed E-state index contributed by atoms with van der Waals surface area (Å²) in [6.45, 7) is 9.65. The summed E-state index contributed by atoms with van der Waals surface area (Å²) in [7, 11) is 0. The third-order valence-corrected chi connectivity index (χ3v) is 14.7. The number of hydrogen-bond acceptors (Lipinski definition) is 8. The largest absolute Gasteiger partial charge is 0.477 e. The minimum absolute atomic E-state index is 0.161. The molecule has 2 aliphatic heterocycles. The summed E-state index contributed by atoms with van der Waals surface area (Å²) in [4.78, 5) is 62.4. The van der Waals surface area contributed by atoms with Gasteiger partial charge in [-0.2, -0.15) is 0 Å². The molecule has 12 heteroatoms. The number of hydrogen-bond donors (Lipinski definition) is 2. The van der Waals surface area contributed by atoms with E-state index >= 15 is 0 Å². The molecule has 0 bridgehead atoms. The molecular weight excluding hydrogens is 733 g/mol. The maximum Gasteiger partial charge on any atom is 0.345 e. The van der Waals surface area contributed by atoms with Crippen LogP contribution >= 0.6 is 45.3 Å². The van der Waals surface area contributed by atoms with E-state index in [0.717, 1.165) is 80.6 Å². The molecule has 2 amide bonds. The highest BCUT2D eigenvalue weighted by Crippen LogP contribution is 2.51. The first kappa shape index (κ1) is 37.9. The van der Waals surface area contributed by atoms with Crippen molar-refractivity contribution >= 4 is 80.5 Å². The number of nitrogens with zero attached hydrogens (tertiary/aromatic N) is 2. The van der Waals surface area contributed by atoms with E-state index in [-0.39, 0.29) is 33.4 Å². The average molecular weight is 777 g/mol. The zero-order valence-electron chi connectivity index (χ0n) is 29.9. The van der Waals surface area contributed by atoms with Gasteiger partial charge in [-0.15, -0.1) is 45.3 Å². The van der Waals surface area contributed by atoms with Crippen LogP contribution in [0.15, 0.2) is 59.7 Å². The molecule has 6 rings (SSSR count). The van der Waals surface area contributed by atoms with Crippen molar-refractivity contribution in [3.05, 3.63) is 79.2 Å². The van der Waals surface area contributed by atoms with Crippen LogP contribution in [0.5, 0.6) is 0 Å². The highest BCUT2D eigenvalue weighted by Gasteiger charge is 2.50. The lowest BCUT2D eigenvalue weighted by molar-refractivity contribution is -0.124. The summed E-state index contributed by atoms with van der Waals surface area (Å²) >= 11 is 5.38. The predicted octanol–water partition coefficient (Wildman–Crippen LogP) is 10.9. The maximum atomic E-state index is 14.9. The Kier molecular flexibility index (Phi) is 12.0. The fourth-order valence-corrected chi connectivity index (χ4v) is 11.0. The Labute approximate surface area is 320 Å². The quantitative estimate of drug-likeness (QED) is 0.104. The number of carboxylic acid groups (broad SMARTS) is 2. The monoisotopic (exact) mass is 776 g/mol. The summed E-state index contributed by atoms with van der Waals surface area (Å²) in [5.74, 6) is -1.74. The lowest BCUT2D eigenvalue weighted by atomic mass is 9.98. The van der Waals surface area contributed by atoms with Crippen LogP contribution in [-0.2, 0) is 9.59 Å². The Balaban J connectivity index is 1.51. The Hall–Kier alpha value is -3.84. The minimum atomic E-state index is -0.968. The summed E-state index contributed by atoms with van der Waals surface area (Å²) in [6.07, 6.45) is 8.01. The number of thiophene rings is 4. The van der Waals surface area contributed by atoms with Gasteiger partial charge in [0.1, 0.15) is 9.75 Å². The third-order valence-electron chi connectivity index (χ3n) is 9.95. The second-order valence-electron chi connectivity index (χ2n) is 13.4. The van der Waals surface area contributed by atoms with Gasteiger partial charge >= 0.3 is 11.9 Å². The van der Waals surface area contributed by atoms with Crippen LogP contribution < -0.4 is 0 Å². The molecule has 6 heterocycles. The SMILES string of the molecule is CCCCC(CC)CN1C(=O)C2=C(c3ccc(-c4ccc(C(=O)O)s4)s3)N(CC(CC)CCCC)C(=O)C2=C1c1ccc(-c2ccc(C(=O)O)s2)s1. The second-order valence-corrected chi connectivity index (χ2v) is 17.7. The highest BCUT2D eigenvalue weighted by atomic mass is 32.1. The fourth-order valence-electron chi connectivity index (χ4n) is 6.97. The van der Waals surface area contributed by atoms with Crippen LogP contribution in [-0.4, -0.2) is 56.9 Å². The van der Waals surface area contributed by atoms with Crippen molar-refractivity contribution < 1.29 is 29.4 Å². The highest BCUT2D eigenvalue weighted by molar-refractivity contribution is 7.24. The fraction of sp³-hybridized carbons (Fsp3) is 0.400. The molecule has 4 aromatic heterocycles. The van der Waals surface area contributed by atoms with Gasteiger partial charge in [0, 0.05) is 32.6 Å². The number of carboxylic acids is 2. The standard InChI is InChI=1S/C40H44N2O6S4/c1-5-9-11-23(7-3)21-41-35(29-17-13-25(49-29)27-15-19-31(51-27)39(45)46)33-34(37(41)43)36(42(38(33)44)22-24(8-4)12-10-6-2)30-18-14-26(50-30)28-16-20-32(52-28)40(47)48/h13-20,23-24H,5-12,21-22H2,1-4H3,(H,45,46)(H,47,48). The molecule has 0 spiro atoms. The molecule has 0 radical (unpaired) electrons. The van der Waals surface area contributed by atoms with Gasteiger partial charge in [-0.05, 0) is 73.2 Å². The predicted molar refractivity (Wildman–Crippen MR) is 213 cm³/mol. The number of amides is 2. The first-order chi connectivity index (χ1) is 25.1. The first-order valence-electron chi connectivity index (χ1n) is 18.1. The summed E-state index contributed by atoms with van der Waals surface area (Å²) in [6, 6.07) is 14.7. The molecular formula is C40H44N2O6S4. The van der Waals surface area contributed by atoms with E-state index < -0.39 is 11.9 Å². The van der Waals surface area contributed by atoms with Crippen LogP contribution in [0.25, 0.3) is 30.9 Å². The Bertz CT molecular complexity index is 1900. The van der Waals surface area contributed by atoms with Gasteiger partial charge in [0.2, 0.25) is 0 Å². The molecule has 2 aliphatic rings. The van der Waals surface area contributed by atoms with E-state index in [4.69, 9.17) is 0 Å². The third kappa shape index (κ3) is 7.48. The average Bonchev–Trinajstić information content (AvgIpc) is 3.98. The smallest absolute Gasteiger partial charge is 0.345 e. The molecule has 0 aliphatic carbocycles. The number of fused-ring (bicyclic) bond motifs is 1. The van der Waals surface area contributed by atoms with Crippen LogP contribution in [0, 0.1) is 11.8 Å². The van der Waals surface area contributed by atoms with Crippen LogP contribution in [0.3, 0.4) is 0 Å². The number of unbranched alkanes of at least 4 members (excludes halogenated alkanes) is 2. The molecule has 0 saturated carbocycles. The molecule has 0 saturated heterocycles. The van der Waals surface area contributed by atoms with Gasteiger partial charge in [0.25, 0.3) is 11.8 Å². The van der Waals surface area contributed by atoms with Gasteiger partial charge in [-0.3, -0.25) is 9.59 Å². The molecule has 0 fully saturated rings. The summed E-state index contributed by atoms with van der Waals surface area (Å²) in [5.41, 5.74) is 2.18. The van der Waals surface area contributed by atoms with Crippen LogP contribution in [0.4, 0.5) is 0 Å². The second kappa shape index (κ2) is 16.4. The first-order valence-corrected chi connectivity index (χ1v) is 21.4. The zero-order valence-corrected chi connectivity index (χ0v) is 33.2. The van der Waals surface area contributed by atoms with E-state index in [1.54, 1.807) is 12.1 Å². The van der Waals surface area contributed by atoms with Gasteiger partial charge in [0.15, 0.2) is 0 Å². The zero-order chi connectivity index (χ0) is 37.1.